The van der Waals surface area contributed by atoms with Crippen molar-refractivity contribution in [3.63, 3.8) is 0 Å². The van der Waals surface area contributed by atoms with Gasteiger partial charge in [-0.1, -0.05) is 6.58 Å². The third-order valence-corrected chi connectivity index (χ3v) is 2.69. The zero-order valence-electron chi connectivity index (χ0n) is 11.4. The summed E-state index contributed by atoms with van der Waals surface area (Å²) in [5.41, 5.74) is -7.18. The van der Waals surface area contributed by atoms with Crippen molar-refractivity contribution >= 4 is 5.97 Å². The average molecular weight is 344 g/mol. The lowest BCUT2D eigenvalue weighted by Crippen LogP contribution is -2.53. The molecule has 23 heavy (non-hydrogen) atoms. The van der Waals surface area contributed by atoms with Crippen molar-refractivity contribution in [3.8, 4) is 11.5 Å². The molecular weight excluding hydrogens is 334 g/mol. The van der Waals surface area contributed by atoms with E-state index < -0.39 is 41.0 Å². The van der Waals surface area contributed by atoms with Crippen LogP contribution in [0, 0.1) is 0 Å². The van der Waals surface area contributed by atoms with Crippen LogP contribution in [0.4, 0.5) is 26.3 Å². The summed E-state index contributed by atoms with van der Waals surface area (Å²) >= 11 is 0. The normalized spacial score (nSPS) is 12.9. The monoisotopic (exact) mass is 344 g/mol. The molecule has 0 fully saturated rings. The first-order chi connectivity index (χ1) is 10.2. The first kappa shape index (κ1) is 18.8. The second kappa shape index (κ2) is 5.76. The van der Waals surface area contributed by atoms with Gasteiger partial charge in [-0.25, -0.2) is 4.79 Å². The van der Waals surface area contributed by atoms with Crippen molar-refractivity contribution in [3.05, 3.63) is 35.9 Å². The highest BCUT2D eigenvalue weighted by molar-refractivity contribution is 5.88. The topological polar surface area (TPSA) is 66.8 Å². The van der Waals surface area contributed by atoms with Crippen LogP contribution < -0.4 is 4.74 Å². The van der Waals surface area contributed by atoms with Gasteiger partial charge in [0.2, 0.25) is 0 Å². The summed E-state index contributed by atoms with van der Waals surface area (Å²) in [4.78, 5) is 11.3. The van der Waals surface area contributed by atoms with E-state index in [0.717, 1.165) is 0 Å². The van der Waals surface area contributed by atoms with Crippen LogP contribution in [0.15, 0.2) is 30.4 Å². The van der Waals surface area contributed by atoms with Gasteiger partial charge < -0.3 is 14.9 Å². The van der Waals surface area contributed by atoms with Gasteiger partial charge in [-0.05, 0) is 19.1 Å². The summed E-state index contributed by atoms with van der Waals surface area (Å²) in [7, 11) is 0. The first-order valence-electron chi connectivity index (χ1n) is 5.78. The van der Waals surface area contributed by atoms with Crippen LogP contribution in [0.1, 0.15) is 12.5 Å². The lowest BCUT2D eigenvalue weighted by Gasteiger charge is -2.32. The average Bonchev–Trinajstić information content (AvgIpc) is 2.33. The van der Waals surface area contributed by atoms with Crippen LogP contribution >= 0.6 is 0 Å². The summed E-state index contributed by atoms with van der Waals surface area (Å²) in [5.74, 6) is -3.03. The molecule has 1 aromatic carbocycles. The summed E-state index contributed by atoms with van der Waals surface area (Å²) in [5, 5.41) is 18.5. The molecule has 10 heteroatoms. The van der Waals surface area contributed by atoms with Crippen LogP contribution in [0.5, 0.6) is 11.5 Å². The number of carbonyl (C=O) groups is 1. The highest BCUT2D eigenvalue weighted by atomic mass is 19.4. The van der Waals surface area contributed by atoms with E-state index >= 15 is 0 Å². The van der Waals surface area contributed by atoms with E-state index in [-0.39, 0.29) is 17.7 Å². The van der Waals surface area contributed by atoms with Crippen molar-refractivity contribution in [2.45, 2.75) is 24.9 Å². The number of hydrogen-bond acceptors (Lipinski definition) is 4. The molecule has 0 bridgehead atoms. The second-order valence-corrected chi connectivity index (χ2v) is 4.59. The Bertz CT molecular complexity index is 618. The number of alkyl halides is 6. The molecule has 128 valence electrons. The molecule has 0 amide bonds. The predicted molar refractivity (Wildman–Crippen MR) is 64.6 cm³/mol. The Hall–Kier alpha value is -2.23. The number of rotatable bonds is 3. The van der Waals surface area contributed by atoms with E-state index in [2.05, 4.69) is 11.3 Å². The molecule has 0 atom stereocenters. The molecular formula is C13H10F6O4. The van der Waals surface area contributed by atoms with Crippen LogP contribution in [-0.4, -0.2) is 28.5 Å². The largest absolute Gasteiger partial charge is 0.508 e. The maximum Gasteiger partial charge on any atom is 0.430 e. The lowest BCUT2D eigenvalue weighted by molar-refractivity contribution is -0.376. The van der Waals surface area contributed by atoms with Gasteiger partial charge in [-0.2, -0.15) is 26.3 Å². The molecule has 0 radical (unpaired) electrons. The maximum absolute atomic E-state index is 12.8. The summed E-state index contributed by atoms with van der Waals surface area (Å²) in [6, 6.07) is 0.831. The molecule has 2 N–H and O–H groups in total. The lowest BCUT2D eigenvalue weighted by atomic mass is 9.92. The van der Waals surface area contributed by atoms with Crippen molar-refractivity contribution in [1.29, 1.82) is 0 Å². The maximum atomic E-state index is 12.8. The van der Waals surface area contributed by atoms with E-state index in [1.165, 1.54) is 6.92 Å². The van der Waals surface area contributed by atoms with Gasteiger partial charge in [0.25, 0.3) is 5.60 Å². The van der Waals surface area contributed by atoms with Gasteiger partial charge in [0.15, 0.2) is 0 Å². The van der Waals surface area contributed by atoms with Gasteiger partial charge in [0.05, 0.1) is 0 Å². The van der Waals surface area contributed by atoms with Gasteiger partial charge in [-0.15, -0.1) is 0 Å². The van der Waals surface area contributed by atoms with Gasteiger partial charge >= 0.3 is 18.3 Å². The van der Waals surface area contributed by atoms with E-state index in [1.54, 1.807) is 0 Å². The first-order valence-corrected chi connectivity index (χ1v) is 5.78. The molecule has 0 aliphatic carbocycles. The third kappa shape index (κ3) is 3.58. The summed E-state index contributed by atoms with van der Waals surface area (Å²) in [6.45, 7) is 4.37. The number of aromatic hydroxyl groups is 1. The molecule has 0 aliphatic rings. The Morgan fingerprint density at radius 1 is 1.09 bits per heavy atom. The van der Waals surface area contributed by atoms with Crippen molar-refractivity contribution < 1.29 is 46.1 Å². The molecule has 0 spiro atoms. The molecule has 0 heterocycles. The van der Waals surface area contributed by atoms with Gasteiger partial charge in [0.1, 0.15) is 11.5 Å². The predicted octanol–water partition coefficient (Wildman–Crippen LogP) is 3.19. The van der Waals surface area contributed by atoms with E-state index in [0.29, 0.717) is 6.07 Å². The molecule has 0 saturated carbocycles. The Morgan fingerprint density at radius 3 is 1.96 bits per heavy atom. The molecule has 0 aromatic heterocycles. The number of ether oxygens (including phenoxy) is 1. The van der Waals surface area contributed by atoms with E-state index in [4.69, 9.17) is 0 Å². The van der Waals surface area contributed by atoms with Crippen molar-refractivity contribution in [1.82, 2.24) is 0 Å². The summed E-state index contributed by atoms with van der Waals surface area (Å²) in [6.07, 6.45) is -12.3. The number of benzene rings is 1. The minimum absolute atomic E-state index is 0.0685. The number of esters is 1. The Labute approximate surface area is 125 Å². The highest BCUT2D eigenvalue weighted by Gasteiger charge is 2.71. The molecule has 0 aliphatic heterocycles. The molecule has 0 unspecified atom stereocenters. The fraction of sp³-hybridized carbons (Fsp3) is 0.308. The van der Waals surface area contributed by atoms with Crippen LogP contribution in [0.3, 0.4) is 0 Å². The number of carbonyl (C=O) groups excluding carboxylic acids is 1. The minimum atomic E-state index is -6.13. The second-order valence-electron chi connectivity index (χ2n) is 4.59. The Morgan fingerprint density at radius 2 is 1.57 bits per heavy atom. The quantitative estimate of drug-likeness (QED) is 0.383. The summed E-state index contributed by atoms with van der Waals surface area (Å²) < 4.78 is 81.1. The molecule has 0 saturated heterocycles. The number of halogens is 6. The van der Waals surface area contributed by atoms with E-state index in [1.807, 2.05) is 0 Å². The zero-order chi connectivity index (χ0) is 18.2. The smallest absolute Gasteiger partial charge is 0.430 e. The minimum Gasteiger partial charge on any atom is -0.508 e. The molecule has 1 aromatic rings. The third-order valence-electron chi connectivity index (χ3n) is 2.69. The van der Waals surface area contributed by atoms with Crippen molar-refractivity contribution in [2.24, 2.45) is 0 Å². The fourth-order valence-electron chi connectivity index (χ4n) is 1.53. The molecule has 1 rings (SSSR count). The van der Waals surface area contributed by atoms with E-state index in [9.17, 15) is 41.4 Å². The highest BCUT2D eigenvalue weighted by Crippen LogP contribution is 2.51. The molecule has 4 nitrogen and oxygen atoms in total. The zero-order valence-corrected chi connectivity index (χ0v) is 11.4. The number of aliphatic hydroxyl groups is 1. The van der Waals surface area contributed by atoms with Crippen LogP contribution in [0.25, 0.3) is 0 Å². The Balaban J connectivity index is 3.49. The number of phenols is 1. The number of phenolic OH excluding ortho intramolecular Hbond substituents is 1. The fourth-order valence-corrected chi connectivity index (χ4v) is 1.53. The van der Waals surface area contributed by atoms with Crippen LogP contribution in [0.2, 0.25) is 0 Å². The van der Waals surface area contributed by atoms with Crippen LogP contribution in [-0.2, 0) is 10.4 Å². The van der Waals surface area contributed by atoms with Gasteiger partial charge in [-0.3, -0.25) is 0 Å². The number of hydrogen-bond donors (Lipinski definition) is 2. The SMILES string of the molecule is C=C(C)C(=O)Oc1cc(O)cc(C(O)(C(F)(F)F)C(F)(F)F)c1. The van der Waals surface area contributed by atoms with Crippen molar-refractivity contribution in [2.75, 3.05) is 0 Å². The Kier molecular flexibility index (Phi) is 4.71. The standard InChI is InChI=1S/C13H10F6O4/c1-6(2)10(21)23-9-4-7(3-8(20)5-9)11(22,12(14,15)16)13(17,18)19/h3-5,20,22H,1H2,2H3. The van der Waals surface area contributed by atoms with Gasteiger partial charge in [0, 0.05) is 17.2 Å².